The summed E-state index contributed by atoms with van der Waals surface area (Å²) in [6.45, 7) is 8.05. The Morgan fingerprint density at radius 2 is 2.13 bits per heavy atom. The van der Waals surface area contributed by atoms with Crippen LogP contribution in [0.2, 0.25) is 0 Å². The number of rotatable bonds is 6. The molecule has 1 aromatic heterocycles. The third kappa shape index (κ3) is 4.01. The van der Waals surface area contributed by atoms with Crippen LogP contribution in [0.15, 0.2) is 10.6 Å². The molecule has 1 atom stereocenters. The lowest BCUT2D eigenvalue weighted by Crippen LogP contribution is -2.34. The van der Waals surface area contributed by atoms with Gasteiger partial charge in [-0.1, -0.05) is 19.0 Å². The molecule has 0 amide bonds. The first-order valence-electron chi connectivity index (χ1n) is 5.47. The summed E-state index contributed by atoms with van der Waals surface area (Å²) in [5.41, 5.74) is 0.974. The zero-order chi connectivity index (χ0) is 11.3. The lowest BCUT2D eigenvalue weighted by Gasteiger charge is -2.11. The van der Waals surface area contributed by atoms with Crippen molar-refractivity contribution in [1.29, 1.82) is 0 Å². The summed E-state index contributed by atoms with van der Waals surface area (Å²) in [6, 6.07) is 2.46. The predicted molar refractivity (Wildman–Crippen MR) is 60.8 cm³/mol. The SMILES string of the molecule is CNCC(C)NCc1cc(C(C)C)on1. The topological polar surface area (TPSA) is 50.1 Å². The number of aromatic nitrogens is 1. The first kappa shape index (κ1) is 12.2. The molecule has 86 valence electrons. The quantitative estimate of drug-likeness (QED) is 0.748. The van der Waals surface area contributed by atoms with Crippen molar-refractivity contribution in [3.05, 3.63) is 17.5 Å². The maximum absolute atomic E-state index is 5.21. The van der Waals surface area contributed by atoms with E-state index in [0.717, 1.165) is 24.5 Å². The lowest BCUT2D eigenvalue weighted by molar-refractivity contribution is 0.362. The van der Waals surface area contributed by atoms with Crippen LogP contribution in [0.3, 0.4) is 0 Å². The van der Waals surface area contributed by atoms with Crippen LogP contribution in [0.25, 0.3) is 0 Å². The molecule has 1 unspecified atom stereocenters. The Balaban J connectivity index is 2.37. The zero-order valence-electron chi connectivity index (χ0n) is 10.0. The molecule has 0 spiro atoms. The molecule has 0 saturated carbocycles. The third-order valence-corrected chi connectivity index (χ3v) is 2.29. The molecule has 0 fully saturated rings. The number of hydrogen-bond acceptors (Lipinski definition) is 4. The molecule has 4 nitrogen and oxygen atoms in total. The van der Waals surface area contributed by atoms with Crippen molar-refractivity contribution in [1.82, 2.24) is 15.8 Å². The smallest absolute Gasteiger partial charge is 0.139 e. The van der Waals surface area contributed by atoms with Gasteiger partial charge < -0.3 is 15.2 Å². The number of nitrogens with zero attached hydrogens (tertiary/aromatic N) is 1. The van der Waals surface area contributed by atoms with Crippen LogP contribution < -0.4 is 10.6 Å². The molecule has 1 aromatic rings. The molecule has 0 saturated heterocycles. The van der Waals surface area contributed by atoms with Crippen molar-refractivity contribution < 1.29 is 4.52 Å². The monoisotopic (exact) mass is 211 g/mol. The number of hydrogen-bond donors (Lipinski definition) is 2. The second-order valence-corrected chi connectivity index (χ2v) is 4.21. The van der Waals surface area contributed by atoms with Crippen LogP contribution in [-0.4, -0.2) is 24.8 Å². The summed E-state index contributed by atoms with van der Waals surface area (Å²) in [6.07, 6.45) is 0. The minimum absolute atomic E-state index is 0.404. The zero-order valence-corrected chi connectivity index (χ0v) is 10.0. The highest BCUT2D eigenvalue weighted by Crippen LogP contribution is 2.14. The Morgan fingerprint density at radius 1 is 1.40 bits per heavy atom. The Hall–Kier alpha value is -0.870. The van der Waals surface area contributed by atoms with E-state index in [1.165, 1.54) is 0 Å². The molecule has 1 heterocycles. The van der Waals surface area contributed by atoms with E-state index in [-0.39, 0.29) is 0 Å². The van der Waals surface area contributed by atoms with Crippen LogP contribution in [0.1, 0.15) is 38.1 Å². The molecule has 1 rings (SSSR count). The van der Waals surface area contributed by atoms with Gasteiger partial charge in [0.2, 0.25) is 0 Å². The van der Waals surface area contributed by atoms with E-state index in [9.17, 15) is 0 Å². The maximum Gasteiger partial charge on any atom is 0.139 e. The van der Waals surface area contributed by atoms with Gasteiger partial charge >= 0.3 is 0 Å². The average Bonchev–Trinajstić information content (AvgIpc) is 2.63. The average molecular weight is 211 g/mol. The molecular weight excluding hydrogens is 190 g/mol. The highest BCUT2D eigenvalue weighted by molar-refractivity contribution is 5.08. The maximum atomic E-state index is 5.21. The Morgan fingerprint density at radius 3 is 2.67 bits per heavy atom. The van der Waals surface area contributed by atoms with Crippen LogP contribution >= 0.6 is 0 Å². The predicted octanol–water partition coefficient (Wildman–Crippen LogP) is 1.50. The Bertz CT molecular complexity index is 283. The molecule has 0 aliphatic carbocycles. The fourth-order valence-electron chi connectivity index (χ4n) is 1.34. The van der Waals surface area contributed by atoms with Crippen molar-refractivity contribution in [3.8, 4) is 0 Å². The van der Waals surface area contributed by atoms with Gasteiger partial charge in [0.25, 0.3) is 0 Å². The fourth-order valence-corrected chi connectivity index (χ4v) is 1.34. The Labute approximate surface area is 91.4 Å². The van der Waals surface area contributed by atoms with Gasteiger partial charge in [0, 0.05) is 31.1 Å². The van der Waals surface area contributed by atoms with Crippen molar-refractivity contribution >= 4 is 0 Å². The van der Waals surface area contributed by atoms with Crippen molar-refractivity contribution in [2.75, 3.05) is 13.6 Å². The first-order valence-corrected chi connectivity index (χ1v) is 5.47. The van der Waals surface area contributed by atoms with E-state index in [1.807, 2.05) is 13.1 Å². The minimum Gasteiger partial charge on any atom is -0.361 e. The van der Waals surface area contributed by atoms with Crippen molar-refractivity contribution in [2.24, 2.45) is 0 Å². The van der Waals surface area contributed by atoms with Gasteiger partial charge in [-0.15, -0.1) is 0 Å². The van der Waals surface area contributed by atoms with Crippen LogP contribution in [-0.2, 0) is 6.54 Å². The summed E-state index contributed by atoms with van der Waals surface area (Å²) in [5.74, 6) is 1.36. The molecule has 0 radical (unpaired) electrons. The summed E-state index contributed by atoms with van der Waals surface area (Å²) in [4.78, 5) is 0. The van der Waals surface area contributed by atoms with E-state index >= 15 is 0 Å². The molecular formula is C11H21N3O. The van der Waals surface area contributed by atoms with E-state index in [1.54, 1.807) is 0 Å². The van der Waals surface area contributed by atoms with Crippen molar-refractivity contribution in [3.63, 3.8) is 0 Å². The minimum atomic E-state index is 0.404. The molecule has 0 bridgehead atoms. The standard InChI is InChI=1S/C11H21N3O/c1-8(2)11-5-10(14-15-11)7-13-9(3)6-12-4/h5,8-9,12-13H,6-7H2,1-4H3. The van der Waals surface area contributed by atoms with Gasteiger partial charge in [-0.05, 0) is 14.0 Å². The summed E-state index contributed by atoms with van der Waals surface area (Å²) < 4.78 is 5.21. The van der Waals surface area contributed by atoms with E-state index in [2.05, 4.69) is 36.6 Å². The second kappa shape index (κ2) is 5.88. The molecule has 15 heavy (non-hydrogen) atoms. The number of nitrogens with one attached hydrogen (secondary N) is 2. The highest BCUT2D eigenvalue weighted by Gasteiger charge is 2.08. The van der Waals surface area contributed by atoms with Crippen LogP contribution in [0, 0.1) is 0 Å². The van der Waals surface area contributed by atoms with Gasteiger partial charge in [0.05, 0.1) is 5.69 Å². The van der Waals surface area contributed by atoms with Crippen molar-refractivity contribution in [2.45, 2.75) is 39.3 Å². The Kier molecular flexibility index (Phi) is 4.78. The highest BCUT2D eigenvalue weighted by atomic mass is 16.5. The fraction of sp³-hybridized carbons (Fsp3) is 0.727. The van der Waals surface area contributed by atoms with E-state index in [0.29, 0.717) is 12.0 Å². The van der Waals surface area contributed by atoms with Gasteiger partial charge in [0.1, 0.15) is 5.76 Å². The summed E-state index contributed by atoms with van der Waals surface area (Å²) in [7, 11) is 1.95. The largest absolute Gasteiger partial charge is 0.361 e. The molecule has 0 aliphatic rings. The van der Waals surface area contributed by atoms with E-state index in [4.69, 9.17) is 4.52 Å². The van der Waals surface area contributed by atoms with Gasteiger partial charge in [-0.3, -0.25) is 0 Å². The number of likely N-dealkylation sites (N-methyl/N-ethyl adjacent to an activating group) is 1. The normalized spacial score (nSPS) is 13.4. The van der Waals surface area contributed by atoms with Gasteiger partial charge in [0.15, 0.2) is 0 Å². The van der Waals surface area contributed by atoms with Crippen LogP contribution in [0.5, 0.6) is 0 Å². The lowest BCUT2D eigenvalue weighted by atomic mass is 10.1. The van der Waals surface area contributed by atoms with Gasteiger partial charge in [-0.2, -0.15) is 0 Å². The van der Waals surface area contributed by atoms with Crippen LogP contribution in [0.4, 0.5) is 0 Å². The summed E-state index contributed by atoms with van der Waals surface area (Å²) >= 11 is 0. The molecule has 0 aliphatic heterocycles. The molecule has 0 aromatic carbocycles. The van der Waals surface area contributed by atoms with E-state index < -0.39 is 0 Å². The second-order valence-electron chi connectivity index (χ2n) is 4.21. The third-order valence-electron chi connectivity index (χ3n) is 2.29. The first-order chi connectivity index (χ1) is 7.13. The molecule has 4 heteroatoms. The molecule has 2 N–H and O–H groups in total. The summed E-state index contributed by atoms with van der Waals surface area (Å²) in [5, 5.41) is 10.5. The van der Waals surface area contributed by atoms with Gasteiger partial charge in [-0.25, -0.2) is 0 Å².